The highest BCUT2D eigenvalue weighted by Gasteiger charge is 2.31. The van der Waals surface area contributed by atoms with Crippen LogP contribution in [0.2, 0.25) is 0 Å². The van der Waals surface area contributed by atoms with Gasteiger partial charge in [0.1, 0.15) is 0 Å². The first-order chi connectivity index (χ1) is 11.0. The first kappa shape index (κ1) is 18.7. The summed E-state index contributed by atoms with van der Waals surface area (Å²) in [6, 6.07) is 0.0803. The van der Waals surface area contributed by atoms with E-state index in [1.54, 1.807) is 0 Å². The lowest BCUT2D eigenvalue weighted by atomic mass is 9.95. The Morgan fingerprint density at radius 1 is 1.26 bits per heavy atom. The van der Waals surface area contributed by atoms with Gasteiger partial charge in [0.05, 0.1) is 5.25 Å². The minimum absolute atomic E-state index is 0.00299. The van der Waals surface area contributed by atoms with E-state index in [1.165, 1.54) is 19.4 Å². The normalized spacial score (nSPS) is 30.7. The maximum atomic E-state index is 12.5. The zero-order valence-electron chi connectivity index (χ0n) is 14.9. The van der Waals surface area contributed by atoms with Crippen LogP contribution in [0.5, 0.6) is 0 Å². The van der Waals surface area contributed by atoms with Crippen LogP contribution in [0, 0.1) is 5.92 Å². The number of carbonyl (C=O) groups excluding carboxylic acids is 1. The van der Waals surface area contributed by atoms with E-state index in [1.807, 2.05) is 18.9 Å². The summed E-state index contributed by atoms with van der Waals surface area (Å²) in [5.41, 5.74) is 0. The number of nitrogens with zero attached hydrogens (tertiary/aromatic N) is 2. The van der Waals surface area contributed by atoms with Gasteiger partial charge in [0, 0.05) is 42.7 Å². The van der Waals surface area contributed by atoms with Crippen molar-refractivity contribution in [3.8, 4) is 0 Å². The summed E-state index contributed by atoms with van der Waals surface area (Å²) in [4.78, 5) is 16.7. The summed E-state index contributed by atoms with van der Waals surface area (Å²) in [7, 11) is 3.22. The molecule has 0 aromatic rings. The zero-order chi connectivity index (χ0) is 16.8. The maximum absolute atomic E-state index is 12.5. The van der Waals surface area contributed by atoms with Crippen LogP contribution < -0.4 is 5.32 Å². The Morgan fingerprint density at radius 3 is 2.70 bits per heavy atom. The fraction of sp³-hybridized carbons (Fsp3) is 0.941. The van der Waals surface area contributed by atoms with Gasteiger partial charge in [-0.25, -0.2) is 4.79 Å². The first-order valence-electron chi connectivity index (χ1n) is 9.08. The number of urea groups is 1. The van der Waals surface area contributed by atoms with Gasteiger partial charge >= 0.3 is 6.03 Å². The molecule has 0 bridgehead atoms. The molecule has 0 unspecified atom stereocenters. The first-order valence-corrected chi connectivity index (χ1v) is 10.5. The number of likely N-dealkylation sites (tertiary alicyclic amines) is 1. The van der Waals surface area contributed by atoms with Gasteiger partial charge in [-0.1, -0.05) is 19.8 Å². The van der Waals surface area contributed by atoms with Gasteiger partial charge in [0.25, 0.3) is 0 Å². The molecular formula is C17H33N3O2S. The van der Waals surface area contributed by atoms with E-state index in [-0.39, 0.29) is 17.3 Å². The van der Waals surface area contributed by atoms with Crippen molar-refractivity contribution in [3.63, 3.8) is 0 Å². The molecule has 0 spiro atoms. The van der Waals surface area contributed by atoms with Crippen molar-refractivity contribution in [2.24, 2.45) is 5.92 Å². The van der Waals surface area contributed by atoms with Crippen molar-refractivity contribution in [3.05, 3.63) is 0 Å². The van der Waals surface area contributed by atoms with Crippen molar-refractivity contribution in [2.75, 3.05) is 39.5 Å². The van der Waals surface area contributed by atoms with Crippen molar-refractivity contribution in [2.45, 2.75) is 56.7 Å². The molecule has 1 aliphatic carbocycles. The molecule has 2 fully saturated rings. The van der Waals surface area contributed by atoms with E-state index in [4.69, 9.17) is 0 Å². The third kappa shape index (κ3) is 5.45. The molecule has 4 atom stereocenters. The molecule has 2 amide bonds. The predicted octanol–water partition coefficient (Wildman–Crippen LogP) is 2.05. The molecule has 2 aliphatic rings. The highest BCUT2D eigenvalue weighted by atomic mass is 32.2. The SMILES string of the molecule is CC[S@@](=O)[C@@H]1CCCC[C@@H]1NC(=O)N(C)C[C@@H]1CCCN(C)C1. The molecule has 0 aromatic carbocycles. The Morgan fingerprint density at radius 2 is 2.00 bits per heavy atom. The van der Waals surface area contributed by atoms with Crippen LogP contribution >= 0.6 is 0 Å². The average molecular weight is 344 g/mol. The molecule has 134 valence electrons. The number of hydrogen-bond donors (Lipinski definition) is 1. The molecule has 0 radical (unpaired) electrons. The summed E-state index contributed by atoms with van der Waals surface area (Å²) in [5.74, 6) is 1.25. The van der Waals surface area contributed by atoms with Gasteiger partial charge in [-0.15, -0.1) is 0 Å². The monoisotopic (exact) mass is 343 g/mol. The fourth-order valence-electron chi connectivity index (χ4n) is 3.95. The molecule has 1 aliphatic heterocycles. The van der Waals surface area contributed by atoms with E-state index in [0.717, 1.165) is 38.8 Å². The van der Waals surface area contributed by atoms with Crippen LogP contribution in [0.15, 0.2) is 0 Å². The molecule has 1 N–H and O–H groups in total. The van der Waals surface area contributed by atoms with E-state index in [9.17, 15) is 9.00 Å². The lowest BCUT2D eigenvalue weighted by molar-refractivity contribution is 0.160. The largest absolute Gasteiger partial charge is 0.334 e. The summed E-state index contributed by atoms with van der Waals surface area (Å²) in [5, 5.41) is 3.30. The number of amides is 2. The summed E-state index contributed by atoms with van der Waals surface area (Å²) in [6.45, 7) is 5.02. The van der Waals surface area contributed by atoms with E-state index in [0.29, 0.717) is 11.7 Å². The highest BCUT2D eigenvalue weighted by Crippen LogP contribution is 2.23. The van der Waals surface area contributed by atoms with Gasteiger partial charge in [0.2, 0.25) is 0 Å². The van der Waals surface area contributed by atoms with E-state index in [2.05, 4.69) is 17.3 Å². The minimum Gasteiger partial charge on any atom is -0.334 e. The second kappa shape index (κ2) is 9.02. The highest BCUT2D eigenvalue weighted by molar-refractivity contribution is 7.85. The number of nitrogens with one attached hydrogen (secondary N) is 1. The number of piperidine rings is 1. The number of hydrogen-bond acceptors (Lipinski definition) is 3. The quantitative estimate of drug-likeness (QED) is 0.831. The maximum Gasteiger partial charge on any atom is 0.317 e. The van der Waals surface area contributed by atoms with Crippen LogP contribution in [0.4, 0.5) is 4.79 Å². The Labute approximate surface area is 143 Å². The Hall–Kier alpha value is -0.620. The van der Waals surface area contributed by atoms with Gasteiger partial charge in [-0.2, -0.15) is 0 Å². The third-order valence-electron chi connectivity index (χ3n) is 5.23. The van der Waals surface area contributed by atoms with Crippen LogP contribution in [0.25, 0.3) is 0 Å². The number of rotatable bonds is 5. The molecule has 0 aromatic heterocycles. The van der Waals surface area contributed by atoms with Crippen molar-refractivity contribution >= 4 is 16.8 Å². The third-order valence-corrected chi connectivity index (χ3v) is 7.04. The Kier molecular flexibility index (Phi) is 7.34. The second-order valence-corrected chi connectivity index (χ2v) is 9.14. The van der Waals surface area contributed by atoms with Gasteiger partial charge in [0.15, 0.2) is 0 Å². The summed E-state index contributed by atoms with van der Waals surface area (Å²) in [6.07, 6.45) is 6.61. The van der Waals surface area contributed by atoms with Crippen molar-refractivity contribution < 1.29 is 9.00 Å². The molecule has 5 nitrogen and oxygen atoms in total. The molecule has 6 heteroatoms. The second-order valence-electron chi connectivity index (χ2n) is 7.20. The van der Waals surface area contributed by atoms with Crippen LogP contribution in [0.1, 0.15) is 45.4 Å². The summed E-state index contributed by atoms with van der Waals surface area (Å²) >= 11 is 0. The predicted molar refractivity (Wildman–Crippen MR) is 96.1 cm³/mol. The lowest BCUT2D eigenvalue weighted by Crippen LogP contribution is -2.52. The van der Waals surface area contributed by atoms with Crippen molar-refractivity contribution in [1.29, 1.82) is 0 Å². The Bertz CT molecular complexity index is 419. The standard InChI is InChI=1S/C17H33N3O2S/c1-4-23(22)16-10-6-5-9-15(16)18-17(21)20(3)13-14-8-7-11-19(2)12-14/h14-16H,4-13H2,1-3H3,(H,18,21)/t14-,15+,16-,23-/m1/s1. The molecule has 1 saturated heterocycles. The molecule has 1 heterocycles. The minimum atomic E-state index is -0.824. The van der Waals surface area contributed by atoms with Gasteiger partial charge in [-0.05, 0) is 45.2 Å². The Balaban J connectivity index is 1.85. The molecule has 1 saturated carbocycles. The lowest BCUT2D eigenvalue weighted by Gasteiger charge is -2.35. The average Bonchev–Trinajstić information content (AvgIpc) is 2.54. The van der Waals surface area contributed by atoms with Crippen LogP contribution in [-0.2, 0) is 10.8 Å². The molecular weight excluding hydrogens is 310 g/mol. The smallest absolute Gasteiger partial charge is 0.317 e. The van der Waals surface area contributed by atoms with E-state index >= 15 is 0 Å². The van der Waals surface area contributed by atoms with Gasteiger partial charge < -0.3 is 15.1 Å². The summed E-state index contributed by atoms with van der Waals surface area (Å²) < 4.78 is 12.2. The van der Waals surface area contributed by atoms with Gasteiger partial charge in [-0.3, -0.25) is 4.21 Å². The zero-order valence-corrected chi connectivity index (χ0v) is 15.7. The van der Waals surface area contributed by atoms with Crippen molar-refractivity contribution in [1.82, 2.24) is 15.1 Å². The number of carbonyl (C=O) groups is 1. The van der Waals surface area contributed by atoms with Crippen LogP contribution in [0.3, 0.4) is 0 Å². The van der Waals surface area contributed by atoms with Crippen LogP contribution in [-0.4, -0.2) is 70.8 Å². The fourth-order valence-corrected chi connectivity index (χ4v) is 5.38. The topological polar surface area (TPSA) is 52.7 Å². The molecule has 23 heavy (non-hydrogen) atoms. The van der Waals surface area contributed by atoms with E-state index < -0.39 is 10.8 Å². The molecule has 2 rings (SSSR count).